The van der Waals surface area contributed by atoms with Crippen molar-refractivity contribution < 1.29 is 16.7 Å². The lowest BCUT2D eigenvalue weighted by molar-refractivity contribution is 0.316. The Hall–Kier alpha value is -0.980. The van der Waals surface area contributed by atoms with Crippen LogP contribution in [0.5, 0.6) is 6.01 Å². The molecule has 0 aromatic carbocycles. The van der Waals surface area contributed by atoms with Gasteiger partial charge >= 0.3 is 11.6 Å². The first kappa shape index (κ1) is 11.0. The summed E-state index contributed by atoms with van der Waals surface area (Å²) in [5, 5.41) is 0. The van der Waals surface area contributed by atoms with Gasteiger partial charge in [0.05, 0.1) is 6.61 Å². The van der Waals surface area contributed by atoms with Crippen molar-refractivity contribution >= 4 is 11.6 Å². The first-order valence-electron chi connectivity index (χ1n) is 3.03. The monoisotopic (exact) mass is 198 g/mol. The van der Waals surface area contributed by atoms with Gasteiger partial charge in [-0.3, -0.25) is 0 Å². The Morgan fingerprint density at radius 1 is 1.75 bits per heavy atom. The van der Waals surface area contributed by atoms with Gasteiger partial charge in [0.25, 0.3) is 6.01 Å². The molecule has 0 aliphatic carbocycles. The highest BCUT2D eigenvalue weighted by Gasteiger charge is 1.87. The molecule has 1 aromatic heterocycles. The zero-order valence-electron chi connectivity index (χ0n) is 6.29. The van der Waals surface area contributed by atoms with Gasteiger partial charge < -0.3 is 9.72 Å². The quantitative estimate of drug-likeness (QED) is 0.729. The first-order valence-corrected chi connectivity index (χ1v) is 3.98. The van der Waals surface area contributed by atoms with E-state index in [0.717, 1.165) is 0 Å². The van der Waals surface area contributed by atoms with Gasteiger partial charge in [0.2, 0.25) is 0 Å². The Kier molecular flexibility index (Phi) is 6.16. The van der Waals surface area contributed by atoms with Crippen LogP contribution in [-0.4, -0.2) is 20.8 Å². The van der Waals surface area contributed by atoms with E-state index in [1.54, 1.807) is 12.4 Å². The number of halogens is 2. The summed E-state index contributed by atoms with van der Waals surface area (Å²) in [6.07, 6.45) is 3.38. The SMILES string of the molecule is CCOc1ncc[nH]1.O=S(F)F. The molecule has 0 radical (unpaired) electrons. The highest BCUT2D eigenvalue weighted by atomic mass is 32.2. The summed E-state index contributed by atoms with van der Waals surface area (Å²) in [5.74, 6) is 0. The second kappa shape index (κ2) is 6.71. The second-order valence-corrected chi connectivity index (χ2v) is 1.88. The molecule has 0 fully saturated rings. The predicted molar refractivity (Wildman–Crippen MR) is 40.1 cm³/mol. The third kappa shape index (κ3) is 7.13. The minimum absolute atomic E-state index is 0.590. The molecule has 1 rings (SSSR count). The molecule has 7 heteroatoms. The molecule has 0 atom stereocenters. The Morgan fingerprint density at radius 3 is 2.67 bits per heavy atom. The average molecular weight is 198 g/mol. The van der Waals surface area contributed by atoms with E-state index >= 15 is 0 Å². The molecule has 0 amide bonds. The molecule has 1 N–H and O–H groups in total. The van der Waals surface area contributed by atoms with Gasteiger partial charge in [0, 0.05) is 12.4 Å². The first-order chi connectivity index (χ1) is 5.66. The molecule has 0 aliphatic rings. The number of hydrogen-bond donors (Lipinski definition) is 1. The molecule has 4 nitrogen and oxygen atoms in total. The fourth-order valence-corrected chi connectivity index (χ4v) is 0.466. The smallest absolute Gasteiger partial charge is 0.385 e. The lowest BCUT2D eigenvalue weighted by Crippen LogP contribution is -1.91. The Balaban J connectivity index is 0.000000261. The summed E-state index contributed by atoms with van der Waals surface area (Å²) in [5.41, 5.74) is 0. The van der Waals surface area contributed by atoms with Gasteiger partial charge in [-0.15, -0.1) is 0 Å². The number of nitrogens with zero attached hydrogens (tertiary/aromatic N) is 1. The van der Waals surface area contributed by atoms with E-state index in [4.69, 9.17) is 8.95 Å². The molecule has 0 saturated heterocycles. The van der Waals surface area contributed by atoms with Crippen LogP contribution in [0, 0.1) is 0 Å². The number of ether oxygens (including phenoxy) is 1. The van der Waals surface area contributed by atoms with E-state index in [0.29, 0.717) is 12.6 Å². The van der Waals surface area contributed by atoms with Gasteiger partial charge in [-0.25, -0.2) is 4.98 Å². The number of imidazole rings is 1. The van der Waals surface area contributed by atoms with Crippen LogP contribution in [0.15, 0.2) is 12.4 Å². The van der Waals surface area contributed by atoms with E-state index in [9.17, 15) is 7.77 Å². The molecule has 0 aliphatic heterocycles. The zero-order valence-corrected chi connectivity index (χ0v) is 7.11. The topological polar surface area (TPSA) is 55.0 Å². The third-order valence-corrected chi connectivity index (χ3v) is 0.754. The van der Waals surface area contributed by atoms with Crippen LogP contribution in [-0.2, 0) is 11.6 Å². The van der Waals surface area contributed by atoms with Crippen molar-refractivity contribution in [2.45, 2.75) is 6.92 Å². The van der Waals surface area contributed by atoms with Crippen LogP contribution < -0.4 is 4.74 Å². The van der Waals surface area contributed by atoms with Crippen LogP contribution in [0.1, 0.15) is 6.92 Å². The van der Waals surface area contributed by atoms with Crippen LogP contribution >= 0.6 is 0 Å². The Morgan fingerprint density at radius 2 is 2.33 bits per heavy atom. The predicted octanol–water partition coefficient (Wildman–Crippen LogP) is 1.31. The van der Waals surface area contributed by atoms with Crippen LogP contribution in [0.3, 0.4) is 0 Å². The lowest BCUT2D eigenvalue weighted by Gasteiger charge is -1.92. The molecule has 0 bridgehead atoms. The van der Waals surface area contributed by atoms with Gasteiger partial charge in [-0.1, -0.05) is 7.77 Å². The Labute approximate surface area is 71.0 Å². The fourth-order valence-electron chi connectivity index (χ4n) is 0.466. The van der Waals surface area contributed by atoms with Gasteiger partial charge in [-0.05, 0) is 6.92 Å². The highest BCUT2D eigenvalue weighted by molar-refractivity contribution is 7.74. The Bertz CT molecular complexity index is 213. The maximum atomic E-state index is 9.81. The van der Waals surface area contributed by atoms with E-state index in [-0.39, 0.29) is 0 Å². The third-order valence-electron chi connectivity index (χ3n) is 0.754. The fraction of sp³-hybridized carbons (Fsp3) is 0.400. The molecule has 1 aromatic rings. The molecule has 0 unspecified atom stereocenters. The number of nitrogens with one attached hydrogen (secondary N) is 1. The normalized spacial score (nSPS) is 9.00. The maximum Gasteiger partial charge on any atom is 0.385 e. The second-order valence-electron chi connectivity index (χ2n) is 1.51. The number of aromatic nitrogens is 2. The molecular formula is C5H8F2N2O2S. The van der Waals surface area contributed by atoms with Crippen molar-refractivity contribution in [3.63, 3.8) is 0 Å². The van der Waals surface area contributed by atoms with Crippen molar-refractivity contribution in [1.29, 1.82) is 0 Å². The standard InChI is InChI=1S/C5H8N2O.F2OS/c1-2-8-5-6-3-4-7-5;1-4(2)3/h3-4H,2H2,1H3,(H,6,7);. The number of H-pyrrole nitrogens is 1. The molecular weight excluding hydrogens is 190 g/mol. The van der Waals surface area contributed by atoms with Crippen LogP contribution in [0.2, 0.25) is 0 Å². The summed E-state index contributed by atoms with van der Waals surface area (Å²) in [6, 6.07) is 0.590. The zero-order chi connectivity index (χ0) is 9.40. The minimum Gasteiger partial charge on any atom is -0.465 e. The molecule has 70 valence electrons. The van der Waals surface area contributed by atoms with Gasteiger partial charge in [0.1, 0.15) is 0 Å². The highest BCUT2D eigenvalue weighted by Crippen LogP contribution is 1.96. The summed E-state index contributed by atoms with van der Waals surface area (Å²) in [6.45, 7) is 2.58. The number of rotatable bonds is 2. The van der Waals surface area contributed by atoms with E-state index < -0.39 is 11.6 Å². The summed E-state index contributed by atoms with van der Waals surface area (Å²) in [4.78, 5) is 6.63. The van der Waals surface area contributed by atoms with E-state index in [2.05, 4.69) is 9.97 Å². The van der Waals surface area contributed by atoms with Crippen molar-refractivity contribution in [2.75, 3.05) is 6.61 Å². The van der Waals surface area contributed by atoms with Crippen molar-refractivity contribution in [3.8, 4) is 6.01 Å². The molecule has 0 spiro atoms. The summed E-state index contributed by atoms with van der Waals surface area (Å²) < 4.78 is 32.8. The average Bonchev–Trinajstić information content (AvgIpc) is 2.39. The minimum atomic E-state index is -3.61. The van der Waals surface area contributed by atoms with Crippen molar-refractivity contribution in [2.24, 2.45) is 0 Å². The van der Waals surface area contributed by atoms with Gasteiger partial charge in [0.15, 0.2) is 0 Å². The summed E-state index contributed by atoms with van der Waals surface area (Å²) >= 11 is -3.61. The summed E-state index contributed by atoms with van der Waals surface area (Å²) in [7, 11) is 0. The maximum absolute atomic E-state index is 9.81. The molecule has 1 heterocycles. The largest absolute Gasteiger partial charge is 0.465 e. The lowest BCUT2D eigenvalue weighted by atomic mass is 10.9. The van der Waals surface area contributed by atoms with Gasteiger partial charge in [-0.2, -0.15) is 4.21 Å². The number of aromatic amines is 1. The molecule has 0 saturated carbocycles. The van der Waals surface area contributed by atoms with Crippen molar-refractivity contribution in [1.82, 2.24) is 9.97 Å². The van der Waals surface area contributed by atoms with Crippen LogP contribution in [0.4, 0.5) is 7.77 Å². The number of hydrogen-bond acceptors (Lipinski definition) is 3. The van der Waals surface area contributed by atoms with Crippen LogP contribution in [0.25, 0.3) is 0 Å². The van der Waals surface area contributed by atoms with E-state index in [1.807, 2.05) is 6.92 Å². The van der Waals surface area contributed by atoms with E-state index in [1.165, 1.54) is 0 Å². The molecule has 12 heavy (non-hydrogen) atoms. The van der Waals surface area contributed by atoms with Crippen molar-refractivity contribution in [3.05, 3.63) is 12.4 Å².